The van der Waals surface area contributed by atoms with Crippen LogP contribution in [0.15, 0.2) is 46.0 Å². The second-order valence-corrected chi connectivity index (χ2v) is 7.73. The van der Waals surface area contributed by atoms with Crippen molar-refractivity contribution >= 4 is 40.9 Å². The summed E-state index contributed by atoms with van der Waals surface area (Å²) >= 11 is 6.93. The first-order valence-electron chi connectivity index (χ1n) is 8.88. The van der Waals surface area contributed by atoms with Gasteiger partial charge < -0.3 is 15.1 Å². The summed E-state index contributed by atoms with van der Waals surface area (Å²) in [4.78, 5) is 24.3. The largest absolute Gasteiger partial charge is 0.414 e. The van der Waals surface area contributed by atoms with Crippen LogP contribution in [-0.4, -0.2) is 27.8 Å². The van der Waals surface area contributed by atoms with Gasteiger partial charge in [-0.1, -0.05) is 41.6 Å². The van der Waals surface area contributed by atoms with E-state index in [4.69, 9.17) is 16.0 Å². The smallest absolute Gasteiger partial charge is 0.277 e. The highest BCUT2D eigenvalue weighted by molar-refractivity contribution is 7.99. The Hall–Kier alpha value is -2.91. The number of halogens is 2. The van der Waals surface area contributed by atoms with Crippen LogP contribution in [0.4, 0.5) is 10.1 Å². The van der Waals surface area contributed by atoms with Gasteiger partial charge in [0.1, 0.15) is 5.82 Å². The summed E-state index contributed by atoms with van der Waals surface area (Å²) in [5.41, 5.74) is 2.51. The first-order chi connectivity index (χ1) is 14.3. The molecular formula is C20H18ClFN4O3S. The minimum Gasteiger partial charge on any atom is -0.414 e. The third kappa shape index (κ3) is 5.58. The fraction of sp³-hybridized carbons (Fsp3) is 0.200. The summed E-state index contributed by atoms with van der Waals surface area (Å²) in [7, 11) is 0. The highest BCUT2D eigenvalue weighted by Crippen LogP contribution is 2.20. The van der Waals surface area contributed by atoms with Crippen LogP contribution in [0.25, 0.3) is 0 Å². The third-order valence-electron chi connectivity index (χ3n) is 4.03. The number of nitrogens with one attached hydrogen (secondary N) is 2. The molecule has 3 rings (SSSR count). The monoisotopic (exact) mass is 448 g/mol. The summed E-state index contributed by atoms with van der Waals surface area (Å²) < 4.78 is 19.2. The molecule has 0 fully saturated rings. The highest BCUT2D eigenvalue weighted by Gasteiger charge is 2.17. The topological polar surface area (TPSA) is 97.1 Å². The van der Waals surface area contributed by atoms with Gasteiger partial charge in [0, 0.05) is 5.69 Å². The molecule has 0 spiro atoms. The minimum atomic E-state index is -0.725. The van der Waals surface area contributed by atoms with Crippen molar-refractivity contribution in [3.8, 4) is 0 Å². The molecule has 0 saturated carbocycles. The Morgan fingerprint density at radius 3 is 2.77 bits per heavy atom. The van der Waals surface area contributed by atoms with Gasteiger partial charge in [0.15, 0.2) is 0 Å². The zero-order valence-electron chi connectivity index (χ0n) is 16.2. The van der Waals surface area contributed by atoms with Gasteiger partial charge in [-0.15, -0.1) is 10.2 Å². The van der Waals surface area contributed by atoms with E-state index in [1.165, 1.54) is 12.1 Å². The minimum absolute atomic E-state index is 0.00383. The maximum atomic E-state index is 13.8. The van der Waals surface area contributed by atoms with Crippen molar-refractivity contribution in [1.82, 2.24) is 15.5 Å². The molecule has 0 aliphatic heterocycles. The molecule has 7 nitrogen and oxygen atoms in total. The van der Waals surface area contributed by atoms with Gasteiger partial charge in [0.2, 0.25) is 11.8 Å². The molecule has 2 N–H and O–H groups in total. The second-order valence-electron chi connectivity index (χ2n) is 6.40. The molecule has 156 valence electrons. The predicted molar refractivity (Wildman–Crippen MR) is 112 cm³/mol. The number of thioether (sulfide) groups is 1. The van der Waals surface area contributed by atoms with Gasteiger partial charge in [-0.05, 0) is 43.2 Å². The number of carbonyl (C=O) groups is 2. The first kappa shape index (κ1) is 21.8. The van der Waals surface area contributed by atoms with Gasteiger partial charge in [0.25, 0.3) is 11.1 Å². The number of aryl methyl sites for hydroxylation is 2. The Balaban J connectivity index is 1.51. The van der Waals surface area contributed by atoms with Crippen molar-refractivity contribution in [2.45, 2.75) is 25.6 Å². The van der Waals surface area contributed by atoms with Gasteiger partial charge >= 0.3 is 0 Å². The molecule has 2 amide bonds. The summed E-state index contributed by atoms with van der Waals surface area (Å²) in [6.07, 6.45) is 0. The van der Waals surface area contributed by atoms with Crippen LogP contribution < -0.4 is 10.6 Å². The fourth-order valence-corrected chi connectivity index (χ4v) is 3.34. The molecule has 0 saturated heterocycles. The van der Waals surface area contributed by atoms with E-state index in [-0.39, 0.29) is 39.9 Å². The van der Waals surface area contributed by atoms with Crippen molar-refractivity contribution in [2.75, 3.05) is 11.1 Å². The molecule has 0 aliphatic carbocycles. The van der Waals surface area contributed by atoms with Crippen LogP contribution in [0, 0.1) is 19.7 Å². The zero-order chi connectivity index (χ0) is 21.7. The quantitative estimate of drug-likeness (QED) is 0.527. The maximum Gasteiger partial charge on any atom is 0.277 e. The normalized spacial score (nSPS) is 10.7. The Labute approximate surface area is 181 Å². The summed E-state index contributed by atoms with van der Waals surface area (Å²) in [6.45, 7) is 3.75. The second kappa shape index (κ2) is 9.73. The third-order valence-corrected chi connectivity index (χ3v) is 5.17. The fourth-order valence-electron chi connectivity index (χ4n) is 2.51. The molecule has 1 aromatic heterocycles. The lowest BCUT2D eigenvalue weighted by Gasteiger charge is -2.08. The summed E-state index contributed by atoms with van der Waals surface area (Å²) in [5.74, 6) is -1.44. The number of aromatic nitrogens is 2. The molecule has 0 aliphatic rings. The molecule has 0 unspecified atom stereocenters. The van der Waals surface area contributed by atoms with E-state index >= 15 is 0 Å². The molecule has 3 aromatic rings. The molecule has 0 radical (unpaired) electrons. The van der Waals surface area contributed by atoms with Crippen LogP contribution in [-0.2, 0) is 11.3 Å². The molecule has 30 heavy (non-hydrogen) atoms. The summed E-state index contributed by atoms with van der Waals surface area (Å²) in [6, 6.07) is 9.78. The molecule has 0 atom stereocenters. The molecule has 2 aromatic carbocycles. The Morgan fingerprint density at radius 2 is 2.00 bits per heavy atom. The van der Waals surface area contributed by atoms with Crippen LogP contribution >= 0.6 is 23.4 Å². The lowest BCUT2D eigenvalue weighted by atomic mass is 10.1. The zero-order valence-corrected chi connectivity index (χ0v) is 17.7. The van der Waals surface area contributed by atoms with Crippen LogP contribution in [0.1, 0.15) is 27.4 Å². The lowest BCUT2D eigenvalue weighted by molar-refractivity contribution is -0.113. The number of benzene rings is 2. The highest BCUT2D eigenvalue weighted by atomic mass is 35.5. The number of hydrogen-bond acceptors (Lipinski definition) is 6. The van der Waals surface area contributed by atoms with Crippen molar-refractivity contribution in [2.24, 2.45) is 0 Å². The molecule has 0 bridgehead atoms. The Morgan fingerprint density at radius 1 is 1.20 bits per heavy atom. The molecule has 10 heteroatoms. The number of amides is 2. The van der Waals surface area contributed by atoms with E-state index < -0.39 is 11.7 Å². The summed E-state index contributed by atoms with van der Waals surface area (Å²) in [5, 5.41) is 13.1. The Kier molecular flexibility index (Phi) is 7.07. The van der Waals surface area contributed by atoms with E-state index in [1.54, 1.807) is 0 Å². The van der Waals surface area contributed by atoms with Crippen molar-refractivity contribution in [1.29, 1.82) is 0 Å². The number of hydrogen-bond donors (Lipinski definition) is 2. The van der Waals surface area contributed by atoms with Gasteiger partial charge in [-0.25, -0.2) is 4.39 Å². The van der Waals surface area contributed by atoms with Gasteiger partial charge in [-0.2, -0.15) is 0 Å². The maximum absolute atomic E-state index is 13.8. The Bertz CT molecular complexity index is 1070. The van der Waals surface area contributed by atoms with E-state index in [0.717, 1.165) is 34.6 Å². The van der Waals surface area contributed by atoms with E-state index in [0.29, 0.717) is 0 Å². The van der Waals surface area contributed by atoms with Crippen LogP contribution in [0.3, 0.4) is 0 Å². The lowest BCUT2D eigenvalue weighted by Crippen LogP contribution is -2.24. The van der Waals surface area contributed by atoms with Crippen molar-refractivity contribution < 1.29 is 18.4 Å². The molecular weight excluding hydrogens is 431 g/mol. The SMILES string of the molecule is Cc1ccc(C)c(NC(=O)CSc2nnc(CNC(=O)c3c(F)cccc3Cl)o2)c1. The average Bonchev–Trinajstić information content (AvgIpc) is 3.15. The number of rotatable bonds is 7. The van der Waals surface area contributed by atoms with Crippen molar-refractivity contribution in [3.63, 3.8) is 0 Å². The number of nitrogens with zero attached hydrogens (tertiary/aromatic N) is 2. The van der Waals surface area contributed by atoms with Gasteiger partial charge in [-0.3, -0.25) is 9.59 Å². The average molecular weight is 449 g/mol. The van der Waals surface area contributed by atoms with Crippen LogP contribution in [0.2, 0.25) is 5.02 Å². The first-order valence-corrected chi connectivity index (χ1v) is 10.2. The van der Waals surface area contributed by atoms with Gasteiger partial charge in [0.05, 0.1) is 22.9 Å². The van der Waals surface area contributed by atoms with Crippen LogP contribution in [0.5, 0.6) is 0 Å². The molecule has 1 heterocycles. The standard InChI is InChI=1S/C20H18ClFN4O3S/c1-11-6-7-12(2)15(8-11)24-16(27)10-30-20-26-25-17(29-20)9-23-19(28)18-13(21)4-3-5-14(18)22/h3-8H,9-10H2,1-2H3,(H,23,28)(H,24,27). The number of anilines is 1. The van der Waals surface area contributed by atoms with E-state index in [1.807, 2.05) is 32.0 Å². The number of carbonyl (C=O) groups excluding carboxylic acids is 2. The van der Waals surface area contributed by atoms with E-state index in [2.05, 4.69) is 20.8 Å². The van der Waals surface area contributed by atoms with E-state index in [9.17, 15) is 14.0 Å². The predicted octanol–water partition coefficient (Wildman–Crippen LogP) is 4.14. The van der Waals surface area contributed by atoms with Crippen molar-refractivity contribution in [3.05, 3.63) is 69.8 Å².